The van der Waals surface area contributed by atoms with Gasteiger partial charge in [-0.2, -0.15) is 5.10 Å². The molecule has 140 valence electrons. The Bertz CT molecular complexity index is 1030. The average Bonchev–Trinajstić information content (AvgIpc) is 2.97. The molecule has 8 heteroatoms. The molecule has 7 nitrogen and oxygen atoms in total. The maximum absolute atomic E-state index is 13.8. The summed E-state index contributed by atoms with van der Waals surface area (Å²) >= 11 is 0. The average molecular weight is 369 g/mol. The standard InChI is InChI=1S/C19H20FN5O2/c1-10-9-21-19(26)18-17-14(25(3)24-18)5-7-16(23-17)22-11(2)13-8-12(20)4-6-15(13)27-10/h4-8,10-11H,9H2,1-3H3,(H,21,26)(H,22,23)/t10-,11+/m0/s1. The van der Waals surface area contributed by atoms with Gasteiger partial charge in [-0.3, -0.25) is 9.48 Å². The number of carbonyl (C=O) groups is 1. The van der Waals surface area contributed by atoms with E-state index in [0.29, 0.717) is 22.6 Å². The summed E-state index contributed by atoms with van der Waals surface area (Å²) in [6, 6.07) is 7.83. The van der Waals surface area contributed by atoms with E-state index in [1.807, 2.05) is 26.0 Å². The van der Waals surface area contributed by atoms with Crippen molar-refractivity contribution in [3.63, 3.8) is 0 Å². The van der Waals surface area contributed by atoms with E-state index < -0.39 is 0 Å². The first-order chi connectivity index (χ1) is 12.9. The van der Waals surface area contributed by atoms with Gasteiger partial charge in [-0.25, -0.2) is 9.37 Å². The van der Waals surface area contributed by atoms with Crippen LogP contribution in [0.15, 0.2) is 30.3 Å². The van der Waals surface area contributed by atoms with Gasteiger partial charge in [0.2, 0.25) is 0 Å². The monoisotopic (exact) mass is 369 g/mol. The maximum atomic E-state index is 13.8. The van der Waals surface area contributed by atoms with E-state index in [1.165, 1.54) is 12.1 Å². The van der Waals surface area contributed by atoms with Crippen molar-refractivity contribution >= 4 is 22.8 Å². The highest BCUT2D eigenvalue weighted by atomic mass is 19.1. The fraction of sp³-hybridized carbons (Fsp3) is 0.316. The van der Waals surface area contributed by atoms with Crippen LogP contribution in [0.2, 0.25) is 0 Å². The van der Waals surface area contributed by atoms with E-state index in [2.05, 4.69) is 20.7 Å². The summed E-state index contributed by atoms with van der Waals surface area (Å²) in [7, 11) is 1.77. The Morgan fingerprint density at radius 2 is 2.07 bits per heavy atom. The van der Waals surface area contributed by atoms with Crippen molar-refractivity contribution in [3.05, 3.63) is 47.4 Å². The van der Waals surface area contributed by atoms with E-state index in [1.54, 1.807) is 17.8 Å². The second-order valence-electron chi connectivity index (χ2n) is 6.72. The van der Waals surface area contributed by atoms with Crippen LogP contribution < -0.4 is 15.4 Å². The SMILES string of the molecule is C[C@H]1CNC(=O)c2nn(C)c3ccc(nc23)N[C@H](C)c2cc(F)ccc2O1. The fourth-order valence-electron chi connectivity index (χ4n) is 3.21. The number of ether oxygens (including phenoxy) is 1. The minimum atomic E-state index is -0.339. The second-order valence-corrected chi connectivity index (χ2v) is 6.72. The maximum Gasteiger partial charge on any atom is 0.274 e. The number of aromatic nitrogens is 3. The number of fused-ring (bicyclic) bond motifs is 2. The molecule has 1 aliphatic rings. The van der Waals surface area contributed by atoms with Crippen LogP contribution in [-0.2, 0) is 7.05 Å². The quantitative estimate of drug-likeness (QED) is 0.637. The predicted molar refractivity (Wildman–Crippen MR) is 99.4 cm³/mol. The minimum absolute atomic E-state index is 0.252. The first kappa shape index (κ1) is 17.3. The molecule has 0 unspecified atom stereocenters. The zero-order valence-electron chi connectivity index (χ0n) is 15.3. The molecule has 1 aromatic carbocycles. The number of pyridine rings is 1. The predicted octanol–water partition coefficient (Wildman–Crippen LogP) is 2.79. The summed E-state index contributed by atoms with van der Waals surface area (Å²) in [6.45, 7) is 4.04. The van der Waals surface area contributed by atoms with Crippen LogP contribution in [0, 0.1) is 5.82 Å². The number of nitrogens with zero attached hydrogens (tertiary/aromatic N) is 3. The van der Waals surface area contributed by atoms with Gasteiger partial charge >= 0.3 is 0 Å². The molecule has 3 aromatic rings. The van der Waals surface area contributed by atoms with Crippen LogP contribution in [0.25, 0.3) is 11.0 Å². The van der Waals surface area contributed by atoms with Gasteiger partial charge in [0, 0.05) is 12.6 Å². The molecule has 4 rings (SSSR count). The molecule has 1 aliphatic heterocycles. The normalized spacial score (nSPS) is 19.9. The number of amides is 1. The number of halogens is 1. The lowest BCUT2D eigenvalue weighted by atomic mass is 10.1. The summed E-state index contributed by atoms with van der Waals surface area (Å²) in [5.74, 6) is 0.482. The molecule has 2 bridgehead atoms. The molecule has 2 aromatic heterocycles. The molecule has 0 saturated carbocycles. The number of carbonyl (C=O) groups excluding carboxylic acids is 1. The topological polar surface area (TPSA) is 81.1 Å². The first-order valence-corrected chi connectivity index (χ1v) is 8.77. The highest BCUT2D eigenvalue weighted by Gasteiger charge is 2.21. The third-order valence-electron chi connectivity index (χ3n) is 4.59. The minimum Gasteiger partial charge on any atom is -0.489 e. The van der Waals surface area contributed by atoms with Gasteiger partial charge in [-0.05, 0) is 44.2 Å². The van der Waals surface area contributed by atoms with Crippen molar-refractivity contribution in [1.82, 2.24) is 20.1 Å². The molecule has 1 amide bonds. The summed E-state index contributed by atoms with van der Waals surface area (Å²) in [5, 5.41) is 10.4. The number of nitrogens with one attached hydrogen (secondary N) is 2. The van der Waals surface area contributed by atoms with Gasteiger partial charge < -0.3 is 15.4 Å². The van der Waals surface area contributed by atoms with Crippen LogP contribution in [0.5, 0.6) is 5.75 Å². The lowest BCUT2D eigenvalue weighted by molar-refractivity contribution is 0.0927. The highest BCUT2D eigenvalue weighted by molar-refractivity contribution is 6.03. The molecular formula is C19H20FN5O2. The van der Waals surface area contributed by atoms with Gasteiger partial charge in [0.25, 0.3) is 5.91 Å². The van der Waals surface area contributed by atoms with Crippen LogP contribution in [0.3, 0.4) is 0 Å². The van der Waals surface area contributed by atoms with Gasteiger partial charge in [0.1, 0.15) is 29.0 Å². The zero-order chi connectivity index (χ0) is 19.1. The molecule has 0 fully saturated rings. The summed E-state index contributed by atoms with van der Waals surface area (Å²) in [4.78, 5) is 17.2. The van der Waals surface area contributed by atoms with E-state index >= 15 is 0 Å². The number of hydrogen-bond acceptors (Lipinski definition) is 5. The Balaban J connectivity index is 1.84. The third kappa shape index (κ3) is 3.18. The molecule has 2 atom stereocenters. The van der Waals surface area contributed by atoms with Crippen molar-refractivity contribution in [1.29, 1.82) is 0 Å². The highest BCUT2D eigenvalue weighted by Crippen LogP contribution is 2.30. The zero-order valence-corrected chi connectivity index (χ0v) is 15.3. The van der Waals surface area contributed by atoms with Crippen LogP contribution >= 0.6 is 0 Å². The van der Waals surface area contributed by atoms with E-state index in [0.717, 1.165) is 5.52 Å². The number of hydrogen-bond donors (Lipinski definition) is 2. The molecule has 2 N–H and O–H groups in total. The fourth-order valence-corrected chi connectivity index (χ4v) is 3.21. The van der Waals surface area contributed by atoms with Crippen molar-refractivity contribution in [2.75, 3.05) is 11.9 Å². The number of aryl methyl sites for hydroxylation is 1. The molecule has 0 spiro atoms. The third-order valence-corrected chi connectivity index (χ3v) is 4.59. The number of rotatable bonds is 0. The van der Waals surface area contributed by atoms with E-state index in [4.69, 9.17) is 4.74 Å². The van der Waals surface area contributed by atoms with Crippen molar-refractivity contribution in [2.24, 2.45) is 7.05 Å². The van der Waals surface area contributed by atoms with Gasteiger partial charge in [-0.15, -0.1) is 0 Å². The van der Waals surface area contributed by atoms with Crippen molar-refractivity contribution in [3.8, 4) is 5.75 Å². The lowest BCUT2D eigenvalue weighted by Gasteiger charge is -2.21. The Hall–Kier alpha value is -3.16. The molecule has 0 aliphatic carbocycles. The molecule has 3 heterocycles. The lowest BCUT2D eigenvalue weighted by Crippen LogP contribution is -2.34. The van der Waals surface area contributed by atoms with E-state index in [-0.39, 0.29) is 36.1 Å². The Morgan fingerprint density at radius 1 is 1.26 bits per heavy atom. The summed E-state index contributed by atoms with van der Waals surface area (Å²) in [5.41, 5.74) is 2.21. The number of benzene rings is 1. The molecular weight excluding hydrogens is 349 g/mol. The molecule has 0 radical (unpaired) electrons. The first-order valence-electron chi connectivity index (χ1n) is 8.77. The van der Waals surface area contributed by atoms with Gasteiger partial charge in [0.05, 0.1) is 18.1 Å². The Morgan fingerprint density at radius 3 is 2.89 bits per heavy atom. The van der Waals surface area contributed by atoms with Crippen molar-refractivity contribution < 1.29 is 13.9 Å². The van der Waals surface area contributed by atoms with Crippen molar-refractivity contribution in [2.45, 2.75) is 26.0 Å². The molecule has 0 saturated heterocycles. The number of anilines is 1. The molecule has 27 heavy (non-hydrogen) atoms. The van der Waals surface area contributed by atoms with Gasteiger partial charge in [-0.1, -0.05) is 0 Å². The summed E-state index contributed by atoms with van der Waals surface area (Å²) < 4.78 is 21.4. The largest absolute Gasteiger partial charge is 0.489 e. The second kappa shape index (κ2) is 6.53. The Labute approximate surface area is 155 Å². The van der Waals surface area contributed by atoms with Gasteiger partial charge in [0.15, 0.2) is 5.69 Å². The van der Waals surface area contributed by atoms with Crippen LogP contribution in [0.1, 0.15) is 35.9 Å². The van der Waals surface area contributed by atoms with Crippen LogP contribution in [-0.4, -0.2) is 33.3 Å². The van der Waals surface area contributed by atoms with E-state index in [9.17, 15) is 9.18 Å². The summed E-state index contributed by atoms with van der Waals surface area (Å²) in [6.07, 6.45) is -0.304. The smallest absolute Gasteiger partial charge is 0.274 e. The Kier molecular flexibility index (Phi) is 4.18. The van der Waals surface area contributed by atoms with Crippen LogP contribution in [0.4, 0.5) is 10.2 Å².